The molecule has 0 aromatic heterocycles. The van der Waals surface area contributed by atoms with Gasteiger partial charge in [-0.2, -0.15) is 0 Å². The zero-order valence-electron chi connectivity index (χ0n) is 12.5. The molecule has 0 amide bonds. The van der Waals surface area contributed by atoms with Crippen LogP contribution in [0.25, 0.3) is 0 Å². The molecule has 0 heterocycles. The first-order valence-corrected chi connectivity index (χ1v) is 6.24. The second kappa shape index (κ2) is 5.61. The van der Waals surface area contributed by atoms with Gasteiger partial charge in [0.05, 0.1) is 19.6 Å². The predicted octanol–water partition coefficient (Wildman–Crippen LogP) is 2.51. The zero-order valence-corrected chi connectivity index (χ0v) is 12.5. The Hall–Kier alpha value is -1.55. The van der Waals surface area contributed by atoms with Crippen molar-refractivity contribution >= 4 is 5.97 Å². The number of hydrogen-bond acceptors (Lipinski definition) is 4. The Labute approximate surface area is 114 Å². The minimum atomic E-state index is -0.777. The highest BCUT2D eigenvalue weighted by Gasteiger charge is 2.37. The maximum Gasteiger partial charge on any atom is 0.313 e. The molecule has 1 rings (SSSR count). The summed E-state index contributed by atoms with van der Waals surface area (Å²) in [5.74, 6) is 0.511. The van der Waals surface area contributed by atoms with E-state index < -0.39 is 11.5 Å². The number of ether oxygens (including phenoxy) is 2. The Bertz CT molecular complexity index is 481. The molecule has 0 bridgehead atoms. The molecule has 0 aliphatic rings. The van der Waals surface area contributed by atoms with Gasteiger partial charge in [-0.3, -0.25) is 4.79 Å². The fourth-order valence-electron chi connectivity index (χ4n) is 2.15. The number of benzene rings is 1. The van der Waals surface area contributed by atoms with E-state index in [9.17, 15) is 4.79 Å². The van der Waals surface area contributed by atoms with E-state index in [1.54, 1.807) is 21.0 Å². The molecule has 0 radical (unpaired) electrons. The average molecular weight is 265 g/mol. The van der Waals surface area contributed by atoms with Gasteiger partial charge in [0.1, 0.15) is 5.75 Å². The van der Waals surface area contributed by atoms with Crippen molar-refractivity contribution in [1.29, 1.82) is 0 Å². The van der Waals surface area contributed by atoms with Gasteiger partial charge in [0.25, 0.3) is 0 Å². The molecular weight excluding hydrogens is 242 g/mol. The molecule has 0 saturated heterocycles. The van der Waals surface area contributed by atoms with Crippen LogP contribution in [0.2, 0.25) is 0 Å². The molecule has 1 aromatic rings. The quantitative estimate of drug-likeness (QED) is 0.850. The molecule has 4 nitrogen and oxygen atoms in total. The number of esters is 1. The van der Waals surface area contributed by atoms with Gasteiger partial charge in [0.15, 0.2) is 0 Å². The first-order chi connectivity index (χ1) is 8.75. The van der Waals surface area contributed by atoms with Crippen LogP contribution in [0.15, 0.2) is 12.1 Å². The van der Waals surface area contributed by atoms with Crippen LogP contribution >= 0.6 is 0 Å². The number of aryl methyl sites for hydroxylation is 2. The zero-order chi connectivity index (χ0) is 14.8. The van der Waals surface area contributed by atoms with Gasteiger partial charge in [0, 0.05) is 6.04 Å². The van der Waals surface area contributed by atoms with Crippen LogP contribution in [-0.4, -0.2) is 20.2 Å². The summed E-state index contributed by atoms with van der Waals surface area (Å²) in [5.41, 5.74) is 8.44. The highest BCUT2D eigenvalue weighted by molar-refractivity contribution is 5.77. The molecule has 0 aliphatic heterocycles. The number of methoxy groups -OCH3 is 2. The number of nitrogens with two attached hydrogens (primary N) is 1. The SMILES string of the molecule is COC(=O)C(C)(C)C(N)c1cc(C)c(OC)cc1C. The van der Waals surface area contributed by atoms with E-state index in [2.05, 4.69) is 0 Å². The van der Waals surface area contributed by atoms with E-state index in [0.717, 1.165) is 22.4 Å². The summed E-state index contributed by atoms with van der Waals surface area (Å²) in [4.78, 5) is 11.8. The molecule has 19 heavy (non-hydrogen) atoms. The van der Waals surface area contributed by atoms with Crippen LogP contribution < -0.4 is 10.5 Å². The molecule has 0 aliphatic carbocycles. The van der Waals surface area contributed by atoms with Crippen LogP contribution in [0.3, 0.4) is 0 Å². The lowest BCUT2D eigenvalue weighted by atomic mass is 9.79. The van der Waals surface area contributed by atoms with Crippen LogP contribution in [0.1, 0.15) is 36.6 Å². The van der Waals surface area contributed by atoms with E-state index >= 15 is 0 Å². The molecular formula is C15H23NO3. The van der Waals surface area contributed by atoms with E-state index in [1.165, 1.54) is 7.11 Å². The van der Waals surface area contributed by atoms with Gasteiger partial charge >= 0.3 is 5.97 Å². The third kappa shape index (κ3) is 2.89. The van der Waals surface area contributed by atoms with Gasteiger partial charge in [-0.1, -0.05) is 6.07 Å². The third-order valence-corrected chi connectivity index (χ3v) is 3.61. The summed E-state index contributed by atoms with van der Waals surface area (Å²) in [6.07, 6.45) is 0. The Kier molecular flexibility index (Phi) is 4.58. The fourth-order valence-corrected chi connectivity index (χ4v) is 2.15. The van der Waals surface area contributed by atoms with E-state index in [4.69, 9.17) is 15.2 Å². The molecule has 0 saturated carbocycles. The molecule has 0 fully saturated rings. The largest absolute Gasteiger partial charge is 0.496 e. The van der Waals surface area contributed by atoms with Gasteiger partial charge < -0.3 is 15.2 Å². The van der Waals surface area contributed by atoms with Gasteiger partial charge in [-0.25, -0.2) is 0 Å². The highest BCUT2D eigenvalue weighted by Crippen LogP contribution is 2.36. The number of carbonyl (C=O) groups excluding carboxylic acids is 1. The summed E-state index contributed by atoms with van der Waals surface area (Å²) in [7, 11) is 3.02. The van der Waals surface area contributed by atoms with Gasteiger partial charge in [-0.05, 0) is 50.5 Å². The van der Waals surface area contributed by atoms with Gasteiger partial charge in [-0.15, -0.1) is 0 Å². The molecule has 106 valence electrons. The first-order valence-electron chi connectivity index (χ1n) is 6.24. The molecule has 4 heteroatoms. The van der Waals surface area contributed by atoms with Crippen LogP contribution in [-0.2, 0) is 9.53 Å². The highest BCUT2D eigenvalue weighted by atomic mass is 16.5. The number of carbonyl (C=O) groups is 1. The fraction of sp³-hybridized carbons (Fsp3) is 0.533. The lowest BCUT2D eigenvalue weighted by Crippen LogP contribution is -2.37. The van der Waals surface area contributed by atoms with Crippen molar-refractivity contribution in [3.63, 3.8) is 0 Å². The Morgan fingerprint density at radius 3 is 2.26 bits per heavy atom. The minimum absolute atomic E-state index is 0.312. The molecule has 0 spiro atoms. The average Bonchev–Trinajstić information content (AvgIpc) is 2.38. The third-order valence-electron chi connectivity index (χ3n) is 3.61. The van der Waals surface area contributed by atoms with Crippen molar-refractivity contribution in [2.24, 2.45) is 11.1 Å². The van der Waals surface area contributed by atoms with E-state index in [1.807, 2.05) is 26.0 Å². The van der Waals surface area contributed by atoms with Crippen LogP contribution in [0, 0.1) is 19.3 Å². The smallest absolute Gasteiger partial charge is 0.313 e. The Morgan fingerprint density at radius 1 is 1.21 bits per heavy atom. The topological polar surface area (TPSA) is 61.5 Å². The first kappa shape index (κ1) is 15.5. The maximum atomic E-state index is 11.8. The van der Waals surface area contributed by atoms with Gasteiger partial charge in [0.2, 0.25) is 0 Å². The minimum Gasteiger partial charge on any atom is -0.496 e. The van der Waals surface area contributed by atoms with E-state index in [-0.39, 0.29) is 5.97 Å². The van der Waals surface area contributed by atoms with Crippen molar-refractivity contribution in [2.75, 3.05) is 14.2 Å². The number of hydrogen-bond donors (Lipinski definition) is 1. The Balaban J connectivity index is 3.23. The lowest BCUT2D eigenvalue weighted by molar-refractivity contribution is -0.152. The second-order valence-corrected chi connectivity index (χ2v) is 5.37. The Morgan fingerprint density at radius 2 is 1.79 bits per heavy atom. The standard InChI is InChI=1S/C15H23NO3/c1-9-8-12(18-5)10(2)7-11(9)13(16)15(3,4)14(17)19-6/h7-8,13H,16H2,1-6H3. The van der Waals surface area contributed by atoms with Crippen molar-refractivity contribution in [3.05, 3.63) is 28.8 Å². The van der Waals surface area contributed by atoms with Crippen LogP contribution in [0.4, 0.5) is 0 Å². The predicted molar refractivity (Wildman–Crippen MR) is 75.2 cm³/mol. The molecule has 1 unspecified atom stereocenters. The van der Waals surface area contributed by atoms with Crippen molar-refractivity contribution in [2.45, 2.75) is 33.7 Å². The summed E-state index contributed by atoms with van der Waals surface area (Å²) in [6.45, 7) is 7.51. The summed E-state index contributed by atoms with van der Waals surface area (Å²) in [5, 5.41) is 0. The van der Waals surface area contributed by atoms with Crippen LogP contribution in [0.5, 0.6) is 5.75 Å². The maximum absolute atomic E-state index is 11.8. The normalized spacial score (nSPS) is 13.0. The molecule has 1 atom stereocenters. The van der Waals surface area contributed by atoms with Crippen molar-refractivity contribution < 1.29 is 14.3 Å². The summed E-state index contributed by atoms with van der Waals surface area (Å²) in [6, 6.07) is 3.49. The number of rotatable bonds is 4. The van der Waals surface area contributed by atoms with Crippen molar-refractivity contribution in [1.82, 2.24) is 0 Å². The summed E-state index contributed by atoms with van der Waals surface area (Å²) < 4.78 is 10.1. The lowest BCUT2D eigenvalue weighted by Gasteiger charge is -2.30. The second-order valence-electron chi connectivity index (χ2n) is 5.37. The molecule has 1 aromatic carbocycles. The van der Waals surface area contributed by atoms with E-state index in [0.29, 0.717) is 0 Å². The summed E-state index contributed by atoms with van der Waals surface area (Å²) >= 11 is 0. The molecule has 2 N–H and O–H groups in total. The monoisotopic (exact) mass is 265 g/mol. The van der Waals surface area contributed by atoms with Crippen molar-refractivity contribution in [3.8, 4) is 5.75 Å².